The zero-order valence-electron chi connectivity index (χ0n) is 11.9. The van der Waals surface area contributed by atoms with Crippen LogP contribution in [-0.2, 0) is 20.7 Å². The Bertz CT molecular complexity index is 466. The van der Waals surface area contributed by atoms with E-state index in [1.807, 2.05) is 45.9 Å². The molecule has 0 aliphatic carbocycles. The predicted molar refractivity (Wildman–Crippen MR) is 73.9 cm³/mol. The molecular formula is C15H21NO3. The molecule has 0 radical (unpaired) electrons. The van der Waals surface area contributed by atoms with Crippen LogP contribution >= 0.6 is 0 Å². The molecule has 1 aromatic rings. The molecule has 0 aliphatic rings. The largest absolute Gasteiger partial charge is 0.455 e. The Balaban J connectivity index is 2.43. The Hall–Kier alpha value is -1.84. The van der Waals surface area contributed by atoms with Gasteiger partial charge in [-0.1, -0.05) is 18.2 Å². The molecular weight excluding hydrogens is 242 g/mol. The number of aryl methyl sites for hydroxylation is 2. The number of rotatable bonds is 5. The third-order valence-electron chi connectivity index (χ3n) is 2.73. The maximum atomic E-state index is 11.6. The van der Waals surface area contributed by atoms with Crippen molar-refractivity contribution in [3.63, 3.8) is 0 Å². The third-order valence-corrected chi connectivity index (χ3v) is 2.73. The number of ether oxygens (including phenoxy) is 1. The van der Waals surface area contributed by atoms with E-state index in [2.05, 4.69) is 5.32 Å². The summed E-state index contributed by atoms with van der Waals surface area (Å²) in [7, 11) is 0. The van der Waals surface area contributed by atoms with Crippen LogP contribution in [-0.4, -0.2) is 24.5 Å². The van der Waals surface area contributed by atoms with Crippen LogP contribution in [0.4, 0.5) is 0 Å². The summed E-state index contributed by atoms with van der Waals surface area (Å²) in [6.45, 7) is 7.51. The molecule has 104 valence electrons. The van der Waals surface area contributed by atoms with Crippen molar-refractivity contribution in [2.75, 3.05) is 6.61 Å². The molecule has 1 rings (SSSR count). The number of hydrogen-bond donors (Lipinski definition) is 1. The highest BCUT2D eigenvalue weighted by atomic mass is 16.5. The van der Waals surface area contributed by atoms with Gasteiger partial charge in [0.25, 0.3) is 5.91 Å². The monoisotopic (exact) mass is 263 g/mol. The Kier molecular flexibility index (Phi) is 5.55. The molecule has 1 N–H and O–H groups in total. The van der Waals surface area contributed by atoms with Crippen molar-refractivity contribution in [3.05, 3.63) is 34.9 Å². The smallest absolute Gasteiger partial charge is 0.310 e. The number of esters is 1. The second kappa shape index (κ2) is 6.92. The minimum absolute atomic E-state index is 0.0472. The van der Waals surface area contributed by atoms with Crippen molar-refractivity contribution in [2.24, 2.45) is 0 Å². The topological polar surface area (TPSA) is 55.4 Å². The highest BCUT2D eigenvalue weighted by Crippen LogP contribution is 2.10. The van der Waals surface area contributed by atoms with E-state index in [1.165, 1.54) is 5.56 Å². The molecule has 1 amide bonds. The minimum Gasteiger partial charge on any atom is -0.455 e. The SMILES string of the molecule is Cc1ccc(CC(=O)OCC(=O)NC(C)C)cc1C. The number of benzene rings is 1. The molecule has 0 atom stereocenters. The Morgan fingerprint density at radius 1 is 1.21 bits per heavy atom. The fourth-order valence-corrected chi connectivity index (χ4v) is 1.64. The molecule has 0 bridgehead atoms. The maximum Gasteiger partial charge on any atom is 0.310 e. The summed E-state index contributed by atoms with van der Waals surface area (Å²) in [6.07, 6.45) is 0.191. The predicted octanol–water partition coefficient (Wildman–Crippen LogP) is 1.91. The molecule has 1 aromatic carbocycles. The molecule has 4 heteroatoms. The lowest BCUT2D eigenvalue weighted by molar-refractivity contribution is -0.148. The normalized spacial score (nSPS) is 10.4. The quantitative estimate of drug-likeness (QED) is 0.826. The number of carbonyl (C=O) groups excluding carboxylic acids is 2. The van der Waals surface area contributed by atoms with Crippen LogP contribution in [0.15, 0.2) is 18.2 Å². The zero-order chi connectivity index (χ0) is 14.4. The molecule has 0 fully saturated rings. The van der Waals surface area contributed by atoms with E-state index in [4.69, 9.17) is 4.74 Å². The van der Waals surface area contributed by atoms with Crippen molar-refractivity contribution < 1.29 is 14.3 Å². The number of nitrogens with one attached hydrogen (secondary N) is 1. The van der Waals surface area contributed by atoms with Gasteiger partial charge in [0, 0.05) is 6.04 Å². The van der Waals surface area contributed by atoms with E-state index in [9.17, 15) is 9.59 Å². The van der Waals surface area contributed by atoms with Gasteiger partial charge in [-0.3, -0.25) is 9.59 Å². The van der Waals surface area contributed by atoms with Crippen LogP contribution in [0, 0.1) is 13.8 Å². The summed E-state index contributed by atoms with van der Waals surface area (Å²) in [5.41, 5.74) is 3.23. The van der Waals surface area contributed by atoms with Crippen LogP contribution in [0.25, 0.3) is 0 Å². The van der Waals surface area contributed by atoms with Crippen LogP contribution in [0.2, 0.25) is 0 Å². The lowest BCUT2D eigenvalue weighted by Crippen LogP contribution is -2.34. The molecule has 0 saturated carbocycles. The van der Waals surface area contributed by atoms with Gasteiger partial charge in [0.15, 0.2) is 6.61 Å². The van der Waals surface area contributed by atoms with Crippen LogP contribution in [0.3, 0.4) is 0 Å². The van der Waals surface area contributed by atoms with Gasteiger partial charge >= 0.3 is 5.97 Å². The minimum atomic E-state index is -0.387. The second-order valence-corrected chi connectivity index (χ2v) is 4.98. The summed E-state index contributed by atoms with van der Waals surface area (Å²) in [6, 6.07) is 5.89. The Morgan fingerprint density at radius 2 is 1.89 bits per heavy atom. The fraction of sp³-hybridized carbons (Fsp3) is 0.467. The van der Waals surface area contributed by atoms with E-state index >= 15 is 0 Å². The van der Waals surface area contributed by atoms with Crippen molar-refractivity contribution >= 4 is 11.9 Å². The molecule has 0 unspecified atom stereocenters. The lowest BCUT2D eigenvalue weighted by atomic mass is 10.0. The van der Waals surface area contributed by atoms with E-state index < -0.39 is 0 Å². The summed E-state index contributed by atoms with van der Waals surface area (Å²) in [5, 5.41) is 2.66. The number of amides is 1. The average molecular weight is 263 g/mol. The molecule has 19 heavy (non-hydrogen) atoms. The number of hydrogen-bond acceptors (Lipinski definition) is 3. The van der Waals surface area contributed by atoms with Gasteiger partial charge in [-0.2, -0.15) is 0 Å². The van der Waals surface area contributed by atoms with Gasteiger partial charge < -0.3 is 10.1 Å². The van der Waals surface area contributed by atoms with E-state index in [0.29, 0.717) is 0 Å². The highest BCUT2D eigenvalue weighted by molar-refractivity contribution is 5.81. The Morgan fingerprint density at radius 3 is 2.47 bits per heavy atom. The second-order valence-electron chi connectivity index (χ2n) is 4.98. The van der Waals surface area contributed by atoms with E-state index in [-0.39, 0.29) is 30.9 Å². The summed E-state index contributed by atoms with van der Waals surface area (Å²) >= 11 is 0. The van der Waals surface area contributed by atoms with Crippen molar-refractivity contribution in [1.82, 2.24) is 5.32 Å². The van der Waals surface area contributed by atoms with Gasteiger partial charge in [0.1, 0.15) is 0 Å². The summed E-state index contributed by atoms with van der Waals surface area (Å²) < 4.78 is 4.93. The first-order chi connectivity index (χ1) is 8.88. The lowest BCUT2D eigenvalue weighted by Gasteiger charge is -2.09. The van der Waals surface area contributed by atoms with Crippen LogP contribution in [0.1, 0.15) is 30.5 Å². The third kappa shape index (κ3) is 5.55. The first kappa shape index (κ1) is 15.2. The highest BCUT2D eigenvalue weighted by Gasteiger charge is 2.09. The molecule has 0 saturated heterocycles. The average Bonchev–Trinajstić information content (AvgIpc) is 2.30. The summed E-state index contributed by atoms with van der Waals surface area (Å²) in [5.74, 6) is -0.661. The van der Waals surface area contributed by atoms with Gasteiger partial charge in [0.2, 0.25) is 0 Å². The van der Waals surface area contributed by atoms with Crippen molar-refractivity contribution in [1.29, 1.82) is 0 Å². The Labute approximate surface area is 114 Å². The fourth-order valence-electron chi connectivity index (χ4n) is 1.64. The van der Waals surface area contributed by atoms with Gasteiger partial charge in [-0.15, -0.1) is 0 Å². The number of carbonyl (C=O) groups is 2. The standard InChI is InChI=1S/C15H21NO3/c1-10(2)16-14(17)9-19-15(18)8-13-6-5-11(3)12(4)7-13/h5-7,10H,8-9H2,1-4H3,(H,16,17). The molecule has 0 heterocycles. The van der Waals surface area contributed by atoms with Crippen LogP contribution < -0.4 is 5.32 Å². The first-order valence-electron chi connectivity index (χ1n) is 6.39. The molecule has 0 aromatic heterocycles. The zero-order valence-corrected chi connectivity index (χ0v) is 11.9. The van der Waals surface area contributed by atoms with E-state index in [0.717, 1.165) is 11.1 Å². The summed E-state index contributed by atoms with van der Waals surface area (Å²) in [4.78, 5) is 22.9. The molecule has 0 spiro atoms. The first-order valence-corrected chi connectivity index (χ1v) is 6.39. The van der Waals surface area contributed by atoms with Gasteiger partial charge in [0.05, 0.1) is 6.42 Å². The van der Waals surface area contributed by atoms with Crippen LogP contribution in [0.5, 0.6) is 0 Å². The molecule has 0 aliphatic heterocycles. The van der Waals surface area contributed by atoms with Crippen molar-refractivity contribution in [3.8, 4) is 0 Å². The maximum absolute atomic E-state index is 11.6. The van der Waals surface area contributed by atoms with Gasteiger partial charge in [-0.25, -0.2) is 0 Å². The van der Waals surface area contributed by atoms with E-state index in [1.54, 1.807) is 0 Å². The van der Waals surface area contributed by atoms with Crippen molar-refractivity contribution in [2.45, 2.75) is 40.2 Å². The van der Waals surface area contributed by atoms with Gasteiger partial charge in [-0.05, 0) is 44.4 Å². The molecule has 4 nitrogen and oxygen atoms in total.